The second-order valence-corrected chi connectivity index (χ2v) is 6.70. The number of carbonyl (C=O) groups excluding carboxylic acids is 1. The number of methoxy groups -OCH3 is 1. The Morgan fingerprint density at radius 2 is 1.69 bits per heavy atom. The maximum Gasteiger partial charge on any atom is 0.430 e. The number of nitrogens with one attached hydrogen (secondary N) is 1. The summed E-state index contributed by atoms with van der Waals surface area (Å²) in [6.07, 6.45) is -4.80. The van der Waals surface area contributed by atoms with Crippen molar-refractivity contribution in [3.05, 3.63) is 72.3 Å². The Kier molecular flexibility index (Phi) is 4.74. The number of aliphatic imine (C=N–C) groups is 1. The van der Waals surface area contributed by atoms with E-state index in [0.717, 1.165) is 17.9 Å². The van der Waals surface area contributed by atoms with Gasteiger partial charge in [0.25, 0.3) is 0 Å². The molecular weight excluding hydrogens is 381 g/mol. The van der Waals surface area contributed by atoms with Gasteiger partial charge in [0.2, 0.25) is 0 Å². The molecule has 0 radical (unpaired) electrons. The highest BCUT2D eigenvalue weighted by atomic mass is 19.4. The number of fused-ring (bicyclic) bond motifs is 2. The van der Waals surface area contributed by atoms with E-state index in [1.807, 2.05) is 30.3 Å². The molecule has 148 valence electrons. The molecule has 1 heterocycles. The lowest BCUT2D eigenvalue weighted by Crippen LogP contribution is -2.41. The first-order valence-electron chi connectivity index (χ1n) is 8.97. The fraction of sp³-hybridized carbons (Fsp3) is 0.182. The van der Waals surface area contributed by atoms with Crippen molar-refractivity contribution in [2.45, 2.75) is 12.2 Å². The van der Waals surface area contributed by atoms with Crippen molar-refractivity contribution in [1.29, 1.82) is 0 Å². The molecule has 2 atom stereocenters. The molecule has 4 nitrogen and oxygen atoms in total. The van der Waals surface area contributed by atoms with Gasteiger partial charge in [-0.3, -0.25) is 4.79 Å². The number of hydrogen-bond donors (Lipinski definition) is 1. The molecule has 0 amide bonds. The van der Waals surface area contributed by atoms with Crippen molar-refractivity contribution in [3.63, 3.8) is 0 Å². The zero-order valence-corrected chi connectivity index (χ0v) is 15.4. The Labute approximate surface area is 165 Å². The van der Waals surface area contributed by atoms with Crippen LogP contribution >= 0.6 is 0 Å². The maximum atomic E-state index is 14.0. The summed E-state index contributed by atoms with van der Waals surface area (Å²) < 4.78 is 46.8. The Morgan fingerprint density at radius 1 is 1.00 bits per heavy atom. The number of ether oxygens (including phenoxy) is 1. The summed E-state index contributed by atoms with van der Waals surface area (Å²) in [5.74, 6) is -2.67. The van der Waals surface area contributed by atoms with E-state index in [9.17, 15) is 18.0 Å². The summed E-state index contributed by atoms with van der Waals surface area (Å²) in [4.78, 5) is 16.4. The molecule has 0 aliphatic carbocycles. The third-order valence-electron chi connectivity index (χ3n) is 4.99. The van der Waals surface area contributed by atoms with Crippen LogP contribution < -0.4 is 5.32 Å². The highest BCUT2D eigenvalue weighted by Gasteiger charge is 2.49. The Morgan fingerprint density at radius 3 is 2.45 bits per heavy atom. The van der Waals surface area contributed by atoms with Crippen LogP contribution in [0.4, 0.5) is 24.5 Å². The molecule has 29 heavy (non-hydrogen) atoms. The van der Waals surface area contributed by atoms with E-state index >= 15 is 0 Å². The topological polar surface area (TPSA) is 50.7 Å². The summed E-state index contributed by atoms with van der Waals surface area (Å²) in [7, 11) is 1.08. The minimum absolute atomic E-state index is 0.122. The summed E-state index contributed by atoms with van der Waals surface area (Å²) in [6.45, 7) is 0. The van der Waals surface area contributed by atoms with E-state index in [2.05, 4.69) is 10.3 Å². The van der Waals surface area contributed by atoms with Crippen LogP contribution in [0.2, 0.25) is 0 Å². The van der Waals surface area contributed by atoms with Gasteiger partial charge >= 0.3 is 12.1 Å². The fourth-order valence-electron chi connectivity index (χ4n) is 3.69. The van der Waals surface area contributed by atoms with E-state index in [4.69, 9.17) is 4.74 Å². The molecular formula is C22H17F3N2O2. The zero-order chi connectivity index (χ0) is 20.6. The summed E-state index contributed by atoms with van der Waals surface area (Å²) in [6, 6.07) is 18.1. The van der Waals surface area contributed by atoms with Gasteiger partial charge in [-0.2, -0.15) is 13.2 Å². The monoisotopic (exact) mass is 398 g/mol. The van der Waals surface area contributed by atoms with Crippen LogP contribution in [-0.4, -0.2) is 25.0 Å². The molecule has 1 aliphatic heterocycles. The van der Waals surface area contributed by atoms with Crippen molar-refractivity contribution >= 4 is 33.8 Å². The number of alkyl halides is 3. The van der Waals surface area contributed by atoms with Crippen molar-refractivity contribution in [1.82, 2.24) is 0 Å². The lowest BCUT2D eigenvalue weighted by molar-refractivity contribution is -0.145. The first-order chi connectivity index (χ1) is 13.9. The molecule has 1 aliphatic rings. The quantitative estimate of drug-likeness (QED) is 0.586. The van der Waals surface area contributed by atoms with Crippen LogP contribution in [0.5, 0.6) is 0 Å². The van der Waals surface area contributed by atoms with Gasteiger partial charge in [0.05, 0.1) is 24.5 Å². The van der Waals surface area contributed by atoms with E-state index in [1.165, 1.54) is 6.07 Å². The van der Waals surface area contributed by atoms with Crippen molar-refractivity contribution in [3.8, 4) is 0 Å². The number of halogens is 3. The molecule has 0 spiro atoms. The van der Waals surface area contributed by atoms with Crippen LogP contribution in [0.1, 0.15) is 11.6 Å². The van der Waals surface area contributed by atoms with Crippen LogP contribution in [-0.2, 0) is 9.53 Å². The van der Waals surface area contributed by atoms with Crippen molar-refractivity contribution < 1.29 is 22.7 Å². The van der Waals surface area contributed by atoms with E-state index in [1.54, 1.807) is 30.3 Å². The predicted octanol–water partition coefficient (Wildman–Crippen LogP) is 5.43. The summed E-state index contributed by atoms with van der Waals surface area (Å²) in [5.41, 5.74) is -0.0815. The molecule has 0 saturated heterocycles. The molecule has 0 saturated carbocycles. The van der Waals surface area contributed by atoms with E-state index < -0.39 is 29.8 Å². The Hall–Kier alpha value is -3.35. The molecule has 0 bridgehead atoms. The number of carbonyl (C=O) groups is 1. The zero-order valence-electron chi connectivity index (χ0n) is 15.4. The number of hydrogen-bond acceptors (Lipinski definition) is 4. The van der Waals surface area contributed by atoms with Crippen LogP contribution in [0.3, 0.4) is 0 Å². The molecule has 1 N–H and O–H groups in total. The summed E-state index contributed by atoms with van der Waals surface area (Å²) in [5, 5.41) is 4.73. The third-order valence-corrected chi connectivity index (χ3v) is 4.99. The number of anilines is 1. The van der Waals surface area contributed by atoms with Gasteiger partial charge in [-0.15, -0.1) is 0 Å². The predicted molar refractivity (Wildman–Crippen MR) is 105 cm³/mol. The highest BCUT2D eigenvalue weighted by Crippen LogP contribution is 2.42. The lowest BCUT2D eigenvalue weighted by atomic mass is 9.86. The van der Waals surface area contributed by atoms with Crippen LogP contribution in [0.25, 0.3) is 10.8 Å². The van der Waals surface area contributed by atoms with Gasteiger partial charge in [-0.05, 0) is 28.5 Å². The molecule has 3 aromatic rings. The lowest BCUT2D eigenvalue weighted by Gasteiger charge is -2.28. The molecule has 7 heteroatoms. The molecule has 4 rings (SSSR count). The van der Waals surface area contributed by atoms with Crippen molar-refractivity contribution in [2.24, 2.45) is 10.9 Å². The smallest absolute Gasteiger partial charge is 0.430 e. The number of esters is 1. The van der Waals surface area contributed by atoms with Gasteiger partial charge in [0.15, 0.2) is 0 Å². The first kappa shape index (κ1) is 19.0. The van der Waals surface area contributed by atoms with E-state index in [-0.39, 0.29) is 5.69 Å². The SMILES string of the molecule is COC(=O)[C@@H]1C(C(F)(F)F)=Nc2ccccc2N[C@@H]1c1cccc2ccccc12. The molecule has 3 aromatic carbocycles. The number of para-hydroxylation sites is 2. The third kappa shape index (κ3) is 3.44. The van der Waals surface area contributed by atoms with Crippen molar-refractivity contribution in [2.75, 3.05) is 12.4 Å². The Balaban J connectivity index is 2.00. The van der Waals surface area contributed by atoms with Crippen LogP contribution in [0, 0.1) is 5.92 Å². The van der Waals surface area contributed by atoms with Gasteiger partial charge in [0.1, 0.15) is 11.6 Å². The molecule has 0 unspecified atom stereocenters. The van der Waals surface area contributed by atoms with E-state index in [0.29, 0.717) is 11.3 Å². The number of nitrogens with zero attached hydrogens (tertiary/aromatic N) is 1. The Bertz CT molecular complexity index is 1100. The van der Waals surface area contributed by atoms with Gasteiger partial charge in [-0.1, -0.05) is 54.6 Å². The van der Waals surface area contributed by atoms with Gasteiger partial charge in [-0.25, -0.2) is 4.99 Å². The van der Waals surface area contributed by atoms with Gasteiger partial charge < -0.3 is 10.1 Å². The minimum Gasteiger partial charge on any atom is -0.468 e. The average molecular weight is 398 g/mol. The average Bonchev–Trinajstić information content (AvgIpc) is 2.90. The molecule has 0 aromatic heterocycles. The summed E-state index contributed by atoms with van der Waals surface area (Å²) >= 11 is 0. The second kappa shape index (κ2) is 7.24. The highest BCUT2D eigenvalue weighted by molar-refractivity contribution is 6.09. The number of rotatable bonds is 2. The number of benzene rings is 3. The first-order valence-corrected chi connectivity index (χ1v) is 8.97. The van der Waals surface area contributed by atoms with Gasteiger partial charge in [0, 0.05) is 0 Å². The largest absolute Gasteiger partial charge is 0.468 e. The standard InChI is InChI=1S/C22H17F3N2O2/c1-29-21(28)18-19(15-10-6-8-13-7-2-3-9-14(13)15)26-16-11-4-5-12-17(16)27-20(18)22(23,24)25/h2-12,18-19,26H,1H3/t18-,19+/m0/s1. The second-order valence-electron chi connectivity index (χ2n) is 6.70. The normalized spacial score (nSPS) is 19.0. The maximum absolute atomic E-state index is 14.0. The fourth-order valence-corrected chi connectivity index (χ4v) is 3.69. The minimum atomic E-state index is -4.80. The van der Waals surface area contributed by atoms with Crippen LogP contribution in [0.15, 0.2) is 71.7 Å². The molecule has 0 fully saturated rings.